The first-order valence-electron chi connectivity index (χ1n) is 0.928. The van der Waals surface area contributed by atoms with E-state index in [1.165, 1.54) is 0 Å². The minimum atomic E-state index is -0.833. The Bertz CT molecular complexity index is 38.7. The monoisotopic (exact) mass is 174 g/mol. The molecular weight excluding hydrogens is 170 g/mol. The molecule has 0 aliphatic rings. The van der Waals surface area contributed by atoms with Gasteiger partial charge in [-0.3, -0.25) is 4.79 Å². The van der Waals surface area contributed by atoms with Gasteiger partial charge in [-0.05, 0) is 0 Å². The SMILES string of the molecule is CC(=O)O.[H-].[Na+].[Zr]. The molecule has 0 unspecified atom stereocenters. The second kappa shape index (κ2) is 9.61. The fraction of sp³-hybridized carbons (Fsp3) is 0.500. The molecule has 0 heterocycles. The van der Waals surface area contributed by atoms with Gasteiger partial charge >= 0.3 is 29.6 Å². The number of hydrogen-bond acceptors (Lipinski definition) is 1. The molecule has 0 rings (SSSR count). The fourth-order valence-corrected chi connectivity index (χ4v) is 0. The molecule has 0 spiro atoms. The van der Waals surface area contributed by atoms with Crippen molar-refractivity contribution in [3.63, 3.8) is 0 Å². The molecule has 4 heteroatoms. The van der Waals surface area contributed by atoms with Crippen LogP contribution in [0.3, 0.4) is 0 Å². The molecule has 2 nitrogen and oxygen atoms in total. The summed E-state index contributed by atoms with van der Waals surface area (Å²) in [6.07, 6.45) is 0. The predicted octanol–water partition coefficient (Wildman–Crippen LogP) is -2.80. The molecule has 0 aliphatic carbocycles. The summed E-state index contributed by atoms with van der Waals surface area (Å²) in [5, 5.41) is 7.42. The molecule has 1 N–H and O–H groups in total. The maximum absolute atomic E-state index is 9.00. The van der Waals surface area contributed by atoms with E-state index in [9.17, 15) is 0 Å². The van der Waals surface area contributed by atoms with Gasteiger partial charge in [0, 0.05) is 33.1 Å². The van der Waals surface area contributed by atoms with Gasteiger partial charge in [-0.25, -0.2) is 0 Å². The molecule has 30 valence electrons. The predicted molar refractivity (Wildman–Crippen MR) is 14.4 cm³/mol. The molecular formula is C2H5NaO2Zr. The zero-order valence-corrected chi connectivity index (χ0v) is 8.31. The van der Waals surface area contributed by atoms with Crippen LogP contribution in [0.15, 0.2) is 0 Å². The minimum absolute atomic E-state index is 0. The van der Waals surface area contributed by atoms with E-state index in [2.05, 4.69) is 0 Å². The zero-order valence-electron chi connectivity index (χ0n) is 4.86. The second-order valence-corrected chi connectivity index (χ2v) is 0.519. The van der Waals surface area contributed by atoms with Crippen molar-refractivity contribution < 1.29 is 67.1 Å². The Morgan fingerprint density at radius 1 is 1.83 bits per heavy atom. The summed E-state index contributed by atoms with van der Waals surface area (Å²) in [5.74, 6) is -0.833. The Morgan fingerprint density at radius 3 is 1.83 bits per heavy atom. The summed E-state index contributed by atoms with van der Waals surface area (Å²) in [6.45, 7) is 1.08. The van der Waals surface area contributed by atoms with Gasteiger partial charge in [0.15, 0.2) is 0 Å². The van der Waals surface area contributed by atoms with E-state index in [-0.39, 0.29) is 57.2 Å². The number of carboxylic acid groups (broad SMARTS) is 1. The Kier molecular flexibility index (Phi) is 25.1. The number of rotatable bonds is 0. The van der Waals surface area contributed by atoms with Gasteiger partial charge in [-0.15, -0.1) is 0 Å². The molecule has 0 aromatic heterocycles. The van der Waals surface area contributed by atoms with Gasteiger partial charge in [0.2, 0.25) is 0 Å². The number of hydrogen-bond donors (Lipinski definition) is 1. The first-order valence-corrected chi connectivity index (χ1v) is 0.928. The number of carbonyl (C=O) groups is 1. The van der Waals surface area contributed by atoms with Crippen LogP contribution in [0.25, 0.3) is 0 Å². The molecule has 0 saturated carbocycles. The van der Waals surface area contributed by atoms with E-state index in [4.69, 9.17) is 9.90 Å². The van der Waals surface area contributed by atoms with Crippen LogP contribution in [0.2, 0.25) is 0 Å². The first-order chi connectivity index (χ1) is 1.73. The normalized spacial score (nSPS) is 4.17. The van der Waals surface area contributed by atoms with Crippen LogP contribution >= 0.6 is 0 Å². The van der Waals surface area contributed by atoms with Gasteiger partial charge in [0.05, 0.1) is 0 Å². The van der Waals surface area contributed by atoms with Crippen LogP contribution in [0.4, 0.5) is 0 Å². The topological polar surface area (TPSA) is 37.3 Å². The molecule has 0 bridgehead atoms. The second-order valence-electron chi connectivity index (χ2n) is 0.519. The summed E-state index contributed by atoms with van der Waals surface area (Å²) in [4.78, 5) is 9.00. The minimum Gasteiger partial charge on any atom is -1.00 e. The van der Waals surface area contributed by atoms with Gasteiger partial charge in [0.1, 0.15) is 0 Å². The first kappa shape index (κ1) is 15.7. The van der Waals surface area contributed by atoms with E-state index in [1.807, 2.05) is 0 Å². The van der Waals surface area contributed by atoms with Crippen molar-refractivity contribution in [1.82, 2.24) is 0 Å². The Hall–Kier alpha value is 1.35. The third-order valence-electron chi connectivity index (χ3n) is 0. The number of aliphatic carboxylic acids is 1. The smallest absolute Gasteiger partial charge is 1.00 e. The number of carboxylic acids is 1. The van der Waals surface area contributed by atoms with Crippen LogP contribution < -0.4 is 29.6 Å². The molecule has 0 amide bonds. The summed E-state index contributed by atoms with van der Waals surface area (Å²) in [5.41, 5.74) is 0. The van der Waals surface area contributed by atoms with Crippen molar-refractivity contribution in [3.05, 3.63) is 0 Å². The summed E-state index contributed by atoms with van der Waals surface area (Å²) < 4.78 is 0. The van der Waals surface area contributed by atoms with E-state index >= 15 is 0 Å². The maximum atomic E-state index is 9.00. The van der Waals surface area contributed by atoms with E-state index in [0.717, 1.165) is 6.92 Å². The van der Waals surface area contributed by atoms with Gasteiger partial charge in [-0.2, -0.15) is 0 Å². The van der Waals surface area contributed by atoms with Crippen LogP contribution in [0.1, 0.15) is 8.35 Å². The summed E-state index contributed by atoms with van der Waals surface area (Å²) in [6, 6.07) is 0. The van der Waals surface area contributed by atoms with Gasteiger partial charge < -0.3 is 6.53 Å². The standard InChI is InChI=1S/C2H4O2.Na.Zr.H/c1-2(3)4;;;/h1H3,(H,3,4);;;/q;+1;;-1. The molecule has 0 aromatic carbocycles. The third-order valence-corrected chi connectivity index (χ3v) is 0. The fourth-order valence-electron chi connectivity index (χ4n) is 0. The Balaban J connectivity index is -0.0000000150. The van der Waals surface area contributed by atoms with Gasteiger partial charge in [0.25, 0.3) is 5.97 Å². The average molecular weight is 175 g/mol. The quantitative estimate of drug-likeness (QED) is 0.404. The van der Waals surface area contributed by atoms with Crippen LogP contribution in [0.5, 0.6) is 0 Å². The van der Waals surface area contributed by atoms with Crippen molar-refractivity contribution in [1.29, 1.82) is 0 Å². The maximum Gasteiger partial charge on any atom is 1.00 e. The Labute approximate surface area is 79.2 Å². The molecule has 0 saturated heterocycles. The third kappa shape index (κ3) is 55.4. The van der Waals surface area contributed by atoms with E-state index < -0.39 is 5.97 Å². The molecule has 0 aromatic rings. The van der Waals surface area contributed by atoms with Crippen LogP contribution in [-0.2, 0) is 31.0 Å². The van der Waals surface area contributed by atoms with Crippen molar-refractivity contribution >= 4 is 5.97 Å². The van der Waals surface area contributed by atoms with E-state index in [0.29, 0.717) is 0 Å². The largest absolute Gasteiger partial charge is 1.00 e. The van der Waals surface area contributed by atoms with Crippen molar-refractivity contribution in [2.24, 2.45) is 0 Å². The van der Waals surface area contributed by atoms with Crippen molar-refractivity contribution in [3.8, 4) is 0 Å². The summed E-state index contributed by atoms with van der Waals surface area (Å²) >= 11 is 0. The Morgan fingerprint density at radius 2 is 1.83 bits per heavy atom. The van der Waals surface area contributed by atoms with E-state index in [1.54, 1.807) is 0 Å². The molecule has 0 radical (unpaired) electrons. The molecule has 0 aliphatic heterocycles. The van der Waals surface area contributed by atoms with Crippen LogP contribution in [0, 0.1) is 0 Å². The average Bonchev–Trinajstić information content (AvgIpc) is 0.811. The van der Waals surface area contributed by atoms with Crippen molar-refractivity contribution in [2.45, 2.75) is 6.92 Å². The molecule has 0 atom stereocenters. The van der Waals surface area contributed by atoms with Crippen LogP contribution in [-0.4, -0.2) is 11.1 Å². The zero-order chi connectivity index (χ0) is 3.58. The molecule has 6 heavy (non-hydrogen) atoms. The molecule has 0 fully saturated rings. The van der Waals surface area contributed by atoms with Crippen molar-refractivity contribution in [2.75, 3.05) is 0 Å². The van der Waals surface area contributed by atoms with Gasteiger partial charge in [-0.1, -0.05) is 0 Å². The summed E-state index contributed by atoms with van der Waals surface area (Å²) in [7, 11) is 0.